The van der Waals surface area contributed by atoms with Crippen LogP contribution in [0.25, 0.3) is 0 Å². The summed E-state index contributed by atoms with van der Waals surface area (Å²) in [4.78, 5) is 16.6. The van der Waals surface area contributed by atoms with Crippen molar-refractivity contribution in [3.8, 4) is 0 Å². The zero-order chi connectivity index (χ0) is 29.2. The molecule has 6 aliphatic rings. The normalized spacial score (nSPS) is 51.5. The van der Waals surface area contributed by atoms with E-state index in [4.69, 9.17) is 19.2 Å². The molecular formula is C32H47NO8. The number of ether oxygens (including phenoxy) is 3. The fraction of sp³-hybridized carbons (Fsp3) is 0.812. The second-order valence-electron chi connectivity index (χ2n) is 14.0. The van der Waals surface area contributed by atoms with Gasteiger partial charge in [-0.15, -0.1) is 6.58 Å². The molecule has 4 aliphatic carbocycles. The van der Waals surface area contributed by atoms with Crippen LogP contribution in [0.15, 0.2) is 29.3 Å². The minimum atomic E-state index is -1.06. The van der Waals surface area contributed by atoms with Gasteiger partial charge in [0.2, 0.25) is 0 Å². The van der Waals surface area contributed by atoms with Crippen LogP contribution in [0.4, 0.5) is 0 Å². The van der Waals surface area contributed by atoms with Crippen LogP contribution in [-0.2, 0) is 19.0 Å². The molecule has 12 atom stereocenters. The van der Waals surface area contributed by atoms with Crippen LogP contribution >= 0.6 is 0 Å². The SMILES string of the molecule is C=CCN=C[C@]12CC[C@H](O[C@@H]3C[C@H](O)[C@@H](O)[C@H](C)O3)C[C@@]1(O)CC[C@@H]1[C@@H]2CC[C@]2(C)[C@@H](C3=CC(=O)OC3)CC[C@]12O. The molecule has 6 rings (SSSR count). The average Bonchev–Trinajstić information content (AvgIpc) is 3.47. The molecule has 9 heteroatoms. The van der Waals surface area contributed by atoms with Gasteiger partial charge in [-0.3, -0.25) is 4.99 Å². The van der Waals surface area contributed by atoms with Crippen molar-refractivity contribution < 1.29 is 39.4 Å². The minimum absolute atomic E-state index is 0.0111. The van der Waals surface area contributed by atoms with E-state index in [-0.39, 0.29) is 41.7 Å². The molecule has 0 amide bonds. The lowest BCUT2D eigenvalue weighted by atomic mass is 9.41. The van der Waals surface area contributed by atoms with Gasteiger partial charge in [0.25, 0.3) is 0 Å². The largest absolute Gasteiger partial charge is 0.458 e. The van der Waals surface area contributed by atoms with E-state index in [1.165, 1.54) is 0 Å². The third-order valence-electron chi connectivity index (χ3n) is 12.2. The Morgan fingerprint density at radius 2 is 1.90 bits per heavy atom. The van der Waals surface area contributed by atoms with Crippen molar-refractivity contribution in [3.63, 3.8) is 0 Å². The van der Waals surface area contributed by atoms with Gasteiger partial charge in [-0.05, 0) is 81.6 Å². The van der Waals surface area contributed by atoms with E-state index >= 15 is 0 Å². The highest BCUT2D eigenvalue weighted by Gasteiger charge is 2.71. The summed E-state index contributed by atoms with van der Waals surface area (Å²) in [5.74, 6) is -0.101. The molecule has 41 heavy (non-hydrogen) atoms. The number of rotatable bonds is 6. The van der Waals surface area contributed by atoms with Gasteiger partial charge in [-0.2, -0.15) is 0 Å². The number of cyclic esters (lactones) is 1. The van der Waals surface area contributed by atoms with Crippen LogP contribution in [-0.4, -0.2) is 87.7 Å². The number of esters is 1. The second-order valence-corrected chi connectivity index (χ2v) is 14.0. The number of aliphatic hydroxyl groups is 4. The van der Waals surface area contributed by atoms with Crippen LogP contribution in [0.3, 0.4) is 0 Å². The van der Waals surface area contributed by atoms with E-state index in [0.29, 0.717) is 51.7 Å². The third kappa shape index (κ3) is 4.49. The first-order chi connectivity index (χ1) is 19.5. The Hall–Kier alpha value is -1.62. The highest BCUT2D eigenvalue weighted by molar-refractivity contribution is 5.85. The van der Waals surface area contributed by atoms with E-state index < -0.39 is 41.2 Å². The smallest absolute Gasteiger partial charge is 0.331 e. The average molecular weight is 574 g/mol. The van der Waals surface area contributed by atoms with E-state index in [0.717, 1.165) is 24.8 Å². The lowest BCUT2D eigenvalue weighted by molar-refractivity contribution is -0.282. The van der Waals surface area contributed by atoms with E-state index in [1.54, 1.807) is 19.1 Å². The zero-order valence-corrected chi connectivity index (χ0v) is 24.4. The predicted octanol–water partition coefficient (Wildman–Crippen LogP) is 2.84. The Balaban J connectivity index is 1.26. The van der Waals surface area contributed by atoms with Gasteiger partial charge in [0.05, 0.1) is 36.1 Å². The molecule has 0 aromatic rings. The summed E-state index contributed by atoms with van der Waals surface area (Å²) in [6.07, 6.45) is 8.52. The third-order valence-corrected chi connectivity index (χ3v) is 12.2. The maximum Gasteiger partial charge on any atom is 0.331 e. The summed E-state index contributed by atoms with van der Waals surface area (Å²) in [6.45, 7) is 8.54. The van der Waals surface area contributed by atoms with Crippen molar-refractivity contribution in [2.24, 2.45) is 33.6 Å². The fourth-order valence-corrected chi connectivity index (χ4v) is 10.1. The van der Waals surface area contributed by atoms with Gasteiger partial charge < -0.3 is 34.6 Å². The Bertz CT molecular complexity index is 1100. The number of aliphatic hydroxyl groups excluding tert-OH is 2. The van der Waals surface area contributed by atoms with Gasteiger partial charge >= 0.3 is 5.97 Å². The first kappa shape index (κ1) is 29.5. The van der Waals surface area contributed by atoms with E-state index in [1.807, 2.05) is 6.21 Å². The molecule has 2 aliphatic heterocycles. The maximum absolute atomic E-state index is 12.6. The number of carbonyl (C=O) groups excluding carboxylic acids is 1. The molecule has 2 heterocycles. The molecule has 5 fully saturated rings. The minimum Gasteiger partial charge on any atom is -0.458 e. The molecule has 228 valence electrons. The topological polar surface area (TPSA) is 138 Å². The standard InChI is InChI=1S/C32H47NO8/c1-4-13-33-18-30-10-5-21(41-27-15-25(34)28(36)19(2)40-27)16-31(30,37)11-7-24-23(30)6-9-29(3)22(8-12-32(24,29)38)20-14-26(35)39-17-20/h4,14,18-19,21-25,27-28,34,36-38H,1,5-13,15-17H2,2-3H3/t19-,21-,22+,23-,24+,25-,27+,28-,29+,30-,31-,32-/m0/s1. The molecular weight excluding hydrogens is 526 g/mol. The summed E-state index contributed by atoms with van der Waals surface area (Å²) in [5.41, 5.74) is -1.91. The number of carbonyl (C=O) groups is 1. The van der Waals surface area contributed by atoms with Crippen molar-refractivity contribution in [2.75, 3.05) is 13.2 Å². The van der Waals surface area contributed by atoms with Crippen LogP contribution in [0, 0.1) is 28.6 Å². The van der Waals surface area contributed by atoms with Gasteiger partial charge in [-0.1, -0.05) is 13.0 Å². The van der Waals surface area contributed by atoms with Crippen molar-refractivity contribution in [1.82, 2.24) is 0 Å². The quantitative estimate of drug-likeness (QED) is 0.165. The summed E-state index contributed by atoms with van der Waals surface area (Å²) in [6, 6.07) is 0. The van der Waals surface area contributed by atoms with Crippen molar-refractivity contribution in [1.29, 1.82) is 0 Å². The Morgan fingerprint density at radius 3 is 2.61 bits per heavy atom. The molecule has 9 nitrogen and oxygen atoms in total. The number of fused-ring (bicyclic) bond motifs is 5. The molecule has 4 saturated carbocycles. The summed E-state index contributed by atoms with van der Waals surface area (Å²) in [5, 5.41) is 45.4. The van der Waals surface area contributed by atoms with E-state index in [9.17, 15) is 25.2 Å². The summed E-state index contributed by atoms with van der Waals surface area (Å²) >= 11 is 0. The van der Waals surface area contributed by atoms with Crippen LogP contribution in [0.5, 0.6) is 0 Å². The lowest BCUT2D eigenvalue weighted by Crippen LogP contribution is -2.69. The molecule has 0 aromatic carbocycles. The molecule has 0 spiro atoms. The molecule has 0 unspecified atom stereocenters. The van der Waals surface area contributed by atoms with Crippen molar-refractivity contribution in [2.45, 2.75) is 120 Å². The molecule has 4 N–H and O–H groups in total. The monoisotopic (exact) mass is 573 g/mol. The molecule has 0 aromatic heterocycles. The number of aliphatic imine (C=N–C) groups is 1. The zero-order valence-electron chi connectivity index (χ0n) is 24.4. The van der Waals surface area contributed by atoms with Crippen LogP contribution in [0.1, 0.15) is 78.1 Å². The van der Waals surface area contributed by atoms with Gasteiger partial charge in [-0.25, -0.2) is 4.79 Å². The molecule has 0 bridgehead atoms. The Kier molecular flexibility index (Phi) is 7.56. The maximum atomic E-state index is 12.6. The van der Waals surface area contributed by atoms with Crippen LogP contribution in [0.2, 0.25) is 0 Å². The van der Waals surface area contributed by atoms with Gasteiger partial charge in [0, 0.05) is 36.0 Å². The lowest BCUT2D eigenvalue weighted by Gasteiger charge is -2.66. The molecule has 0 radical (unpaired) electrons. The Morgan fingerprint density at radius 1 is 1.12 bits per heavy atom. The van der Waals surface area contributed by atoms with Gasteiger partial charge in [0.1, 0.15) is 12.7 Å². The number of nitrogens with zero attached hydrogens (tertiary/aromatic N) is 1. The highest BCUT2D eigenvalue weighted by atomic mass is 16.7. The van der Waals surface area contributed by atoms with Crippen molar-refractivity contribution in [3.05, 3.63) is 24.3 Å². The van der Waals surface area contributed by atoms with Crippen molar-refractivity contribution >= 4 is 12.2 Å². The first-order valence-corrected chi connectivity index (χ1v) is 15.6. The number of hydrogen-bond acceptors (Lipinski definition) is 9. The highest BCUT2D eigenvalue weighted by Crippen LogP contribution is 2.70. The predicted molar refractivity (Wildman–Crippen MR) is 151 cm³/mol. The van der Waals surface area contributed by atoms with E-state index in [2.05, 4.69) is 13.5 Å². The Labute approximate surface area is 242 Å². The summed E-state index contributed by atoms with van der Waals surface area (Å²) < 4.78 is 17.4. The summed E-state index contributed by atoms with van der Waals surface area (Å²) in [7, 11) is 0. The second kappa shape index (κ2) is 10.5. The first-order valence-electron chi connectivity index (χ1n) is 15.6. The van der Waals surface area contributed by atoms with Gasteiger partial charge in [0.15, 0.2) is 6.29 Å². The fourth-order valence-electron chi connectivity index (χ4n) is 10.1. The molecule has 1 saturated heterocycles. The van der Waals surface area contributed by atoms with Crippen LogP contribution < -0.4 is 0 Å². The number of hydrogen-bond donors (Lipinski definition) is 4.